The summed E-state index contributed by atoms with van der Waals surface area (Å²) in [7, 11) is -3.39. The number of hydrogen-bond donors (Lipinski definition) is 1. The van der Waals surface area contributed by atoms with E-state index in [9.17, 15) is 8.42 Å². The summed E-state index contributed by atoms with van der Waals surface area (Å²) in [6.07, 6.45) is 5.30. The van der Waals surface area contributed by atoms with Gasteiger partial charge in [0.1, 0.15) is 0 Å². The molecule has 6 nitrogen and oxygen atoms in total. The molecule has 2 atom stereocenters. The van der Waals surface area contributed by atoms with Crippen molar-refractivity contribution in [2.45, 2.75) is 37.7 Å². The predicted octanol–water partition coefficient (Wildman–Crippen LogP) is 0.502. The van der Waals surface area contributed by atoms with Crippen molar-refractivity contribution in [1.29, 1.82) is 0 Å². The van der Waals surface area contributed by atoms with Crippen LogP contribution in [0.4, 0.5) is 0 Å². The van der Waals surface area contributed by atoms with Gasteiger partial charge in [-0.15, -0.1) is 0 Å². The number of fused-ring (bicyclic) bond motifs is 2. The van der Waals surface area contributed by atoms with E-state index in [4.69, 9.17) is 9.47 Å². The van der Waals surface area contributed by atoms with Gasteiger partial charge < -0.3 is 9.47 Å². The summed E-state index contributed by atoms with van der Waals surface area (Å²) in [5.74, 6) is 0.563. The Morgan fingerprint density at radius 2 is 2.05 bits per heavy atom. The average Bonchev–Trinajstić information content (AvgIpc) is 3.12. The minimum atomic E-state index is -3.39. The van der Waals surface area contributed by atoms with E-state index in [0.29, 0.717) is 38.8 Å². The van der Waals surface area contributed by atoms with Crippen LogP contribution in [0.15, 0.2) is 0 Å². The third kappa shape index (κ3) is 2.16. The Kier molecular flexibility index (Phi) is 3.35. The number of ether oxygens (including phenoxy) is 2. The maximum absolute atomic E-state index is 12.5. The van der Waals surface area contributed by atoms with Crippen LogP contribution in [0.3, 0.4) is 0 Å². The molecule has 21 heavy (non-hydrogen) atoms. The molecule has 7 heteroatoms. The molecule has 2 aliphatic carbocycles. The summed E-state index contributed by atoms with van der Waals surface area (Å²) in [5, 5.41) is 0. The van der Waals surface area contributed by atoms with Crippen LogP contribution in [0.25, 0.3) is 0 Å². The molecule has 1 N–H and O–H groups in total. The van der Waals surface area contributed by atoms with Crippen LogP contribution in [0.2, 0.25) is 0 Å². The van der Waals surface area contributed by atoms with Crippen molar-refractivity contribution in [3.05, 3.63) is 0 Å². The van der Waals surface area contributed by atoms with Gasteiger partial charge in [0.25, 0.3) is 10.2 Å². The topological polar surface area (TPSA) is 67.9 Å². The van der Waals surface area contributed by atoms with Gasteiger partial charge in [-0.3, -0.25) is 0 Å². The molecular weight excluding hydrogens is 292 g/mol. The monoisotopic (exact) mass is 316 g/mol. The van der Waals surface area contributed by atoms with Crippen LogP contribution in [-0.4, -0.2) is 57.8 Å². The van der Waals surface area contributed by atoms with E-state index in [0.717, 1.165) is 32.3 Å². The summed E-state index contributed by atoms with van der Waals surface area (Å²) in [6, 6.07) is 0. The van der Waals surface area contributed by atoms with Crippen molar-refractivity contribution in [2.24, 2.45) is 11.3 Å². The summed E-state index contributed by atoms with van der Waals surface area (Å²) in [4.78, 5) is 0. The number of nitrogens with one attached hydrogen (secondary N) is 1. The van der Waals surface area contributed by atoms with Crippen molar-refractivity contribution < 1.29 is 17.9 Å². The SMILES string of the molecule is O=S(=O)(NC[C@]12C[C@H]1COC21CCC1)N1CCCOCC1. The first-order valence-corrected chi connectivity index (χ1v) is 9.49. The normalized spacial score (nSPS) is 38.8. The Hall–Kier alpha value is -0.210. The summed E-state index contributed by atoms with van der Waals surface area (Å²) in [5.41, 5.74) is 0.0722. The van der Waals surface area contributed by atoms with Crippen LogP contribution >= 0.6 is 0 Å². The van der Waals surface area contributed by atoms with Gasteiger partial charge in [-0.2, -0.15) is 12.7 Å². The molecule has 2 aliphatic heterocycles. The maximum atomic E-state index is 12.5. The molecule has 2 heterocycles. The molecule has 0 amide bonds. The highest BCUT2D eigenvalue weighted by Gasteiger charge is 2.73. The highest BCUT2D eigenvalue weighted by molar-refractivity contribution is 7.87. The van der Waals surface area contributed by atoms with Crippen molar-refractivity contribution in [3.63, 3.8) is 0 Å². The molecule has 4 rings (SSSR count). The van der Waals surface area contributed by atoms with Crippen molar-refractivity contribution in [3.8, 4) is 0 Å². The molecule has 4 fully saturated rings. The average molecular weight is 316 g/mol. The minimum Gasteiger partial charge on any atom is -0.380 e. The van der Waals surface area contributed by atoms with Gasteiger partial charge in [0.15, 0.2) is 0 Å². The second-order valence-corrected chi connectivity index (χ2v) is 8.66. The lowest BCUT2D eigenvalue weighted by Crippen LogP contribution is -2.52. The molecule has 0 aromatic carbocycles. The molecule has 1 spiro atoms. The summed E-state index contributed by atoms with van der Waals surface area (Å²) >= 11 is 0. The minimum absolute atomic E-state index is 0.0118. The van der Waals surface area contributed by atoms with Crippen molar-refractivity contribution in [2.75, 3.05) is 39.5 Å². The molecule has 0 aromatic rings. The molecule has 2 saturated heterocycles. The molecule has 4 aliphatic rings. The quantitative estimate of drug-likeness (QED) is 0.820. The van der Waals surface area contributed by atoms with Crippen LogP contribution in [-0.2, 0) is 19.7 Å². The lowest BCUT2D eigenvalue weighted by atomic mass is 9.69. The molecule has 0 unspecified atom stereocenters. The second-order valence-electron chi connectivity index (χ2n) is 6.91. The van der Waals surface area contributed by atoms with E-state index in [1.807, 2.05) is 0 Å². The molecule has 0 bridgehead atoms. The summed E-state index contributed by atoms with van der Waals surface area (Å²) in [6.45, 7) is 3.49. The van der Waals surface area contributed by atoms with Gasteiger partial charge in [-0.05, 0) is 38.0 Å². The van der Waals surface area contributed by atoms with Crippen LogP contribution in [0, 0.1) is 11.3 Å². The third-order valence-corrected chi connectivity index (χ3v) is 7.51. The third-order valence-electron chi connectivity index (χ3n) is 5.95. The fourth-order valence-corrected chi connectivity index (χ4v) is 5.66. The van der Waals surface area contributed by atoms with Crippen LogP contribution in [0.1, 0.15) is 32.1 Å². The fraction of sp³-hybridized carbons (Fsp3) is 1.00. The second kappa shape index (κ2) is 4.89. The number of rotatable bonds is 4. The van der Waals surface area contributed by atoms with Gasteiger partial charge in [0.05, 0.1) is 18.8 Å². The molecule has 0 radical (unpaired) electrons. The van der Waals surface area contributed by atoms with Gasteiger partial charge in [-0.25, -0.2) is 4.72 Å². The van der Waals surface area contributed by atoms with Crippen LogP contribution < -0.4 is 4.72 Å². The fourth-order valence-electron chi connectivity index (χ4n) is 4.35. The van der Waals surface area contributed by atoms with Crippen molar-refractivity contribution in [1.82, 2.24) is 9.03 Å². The first-order valence-electron chi connectivity index (χ1n) is 8.05. The first kappa shape index (κ1) is 14.4. The standard InChI is InChI=1S/C14H24N2O4S/c17-21(18,16-5-2-7-19-8-6-16)15-11-13-9-12(13)10-20-14(13)3-1-4-14/h12,15H,1-11H2/t12-,13+/m0/s1. The Morgan fingerprint density at radius 3 is 2.76 bits per heavy atom. The Morgan fingerprint density at radius 1 is 1.19 bits per heavy atom. The maximum Gasteiger partial charge on any atom is 0.279 e. The van der Waals surface area contributed by atoms with E-state index >= 15 is 0 Å². The molecule has 120 valence electrons. The molecule has 0 aromatic heterocycles. The zero-order valence-electron chi connectivity index (χ0n) is 12.3. The van der Waals surface area contributed by atoms with E-state index in [2.05, 4.69) is 4.72 Å². The first-order chi connectivity index (χ1) is 10.1. The lowest BCUT2D eigenvalue weighted by Gasteiger charge is -2.45. The van der Waals surface area contributed by atoms with E-state index < -0.39 is 10.2 Å². The zero-order valence-corrected chi connectivity index (χ0v) is 13.2. The van der Waals surface area contributed by atoms with Gasteiger partial charge in [0.2, 0.25) is 0 Å². The largest absolute Gasteiger partial charge is 0.380 e. The predicted molar refractivity (Wildman–Crippen MR) is 77.0 cm³/mol. The summed E-state index contributed by atoms with van der Waals surface area (Å²) < 4.78 is 40.7. The zero-order chi connectivity index (χ0) is 14.6. The Labute approximate surface area is 126 Å². The Bertz CT molecular complexity index is 511. The van der Waals surface area contributed by atoms with E-state index in [-0.39, 0.29) is 11.0 Å². The van der Waals surface area contributed by atoms with Gasteiger partial charge in [0, 0.05) is 31.7 Å². The molecule has 2 saturated carbocycles. The molecular formula is C14H24N2O4S. The van der Waals surface area contributed by atoms with Crippen LogP contribution in [0.5, 0.6) is 0 Å². The lowest BCUT2D eigenvalue weighted by molar-refractivity contribution is -0.109. The highest BCUT2D eigenvalue weighted by atomic mass is 32.2. The van der Waals surface area contributed by atoms with Gasteiger partial charge in [-0.1, -0.05) is 0 Å². The van der Waals surface area contributed by atoms with Crippen molar-refractivity contribution >= 4 is 10.2 Å². The highest BCUT2D eigenvalue weighted by Crippen LogP contribution is 2.70. The number of hydrogen-bond acceptors (Lipinski definition) is 4. The Balaban J connectivity index is 1.42. The van der Waals surface area contributed by atoms with E-state index in [1.54, 1.807) is 0 Å². The van der Waals surface area contributed by atoms with Gasteiger partial charge >= 0.3 is 0 Å². The number of nitrogens with zero attached hydrogens (tertiary/aromatic N) is 1. The van der Waals surface area contributed by atoms with E-state index in [1.165, 1.54) is 10.7 Å². The smallest absolute Gasteiger partial charge is 0.279 e.